The van der Waals surface area contributed by atoms with E-state index in [-0.39, 0.29) is 5.56 Å². The van der Waals surface area contributed by atoms with E-state index in [9.17, 15) is 18.0 Å². The fourth-order valence-corrected chi connectivity index (χ4v) is 2.57. The molecule has 2 rings (SSSR count). The molecule has 1 aliphatic heterocycles. The number of hydrogen-bond donors (Lipinski definition) is 2. The van der Waals surface area contributed by atoms with E-state index in [2.05, 4.69) is 26.6 Å². The van der Waals surface area contributed by atoms with Gasteiger partial charge < -0.3 is 10.6 Å². The summed E-state index contributed by atoms with van der Waals surface area (Å²) in [4.78, 5) is 12.2. The number of halogens is 4. The Bertz CT molecular complexity index is 525. The fourth-order valence-electron chi connectivity index (χ4n) is 2.14. The second-order valence-electron chi connectivity index (χ2n) is 5.13. The average Bonchev–Trinajstić information content (AvgIpc) is 2.74. The van der Waals surface area contributed by atoms with Crippen molar-refractivity contribution in [3.05, 3.63) is 33.8 Å². The van der Waals surface area contributed by atoms with Gasteiger partial charge in [-0.3, -0.25) is 4.79 Å². The maximum atomic E-state index is 12.7. The van der Waals surface area contributed by atoms with E-state index in [4.69, 9.17) is 0 Å². The number of alkyl halides is 3. The van der Waals surface area contributed by atoms with E-state index in [1.807, 2.05) is 6.92 Å². The number of benzene rings is 1. The van der Waals surface area contributed by atoms with Crippen molar-refractivity contribution in [3.8, 4) is 0 Å². The van der Waals surface area contributed by atoms with Crippen LogP contribution in [0.4, 0.5) is 13.2 Å². The standard InChI is InChI=1S/C13H14BrF3N2O/c1-12(4-5-18-7-12)19-11(20)9-6-8(13(15,16)17)2-3-10(9)14/h2-3,6,18H,4-5,7H2,1H3,(H,19,20). The number of carbonyl (C=O) groups is 1. The molecule has 1 amide bonds. The molecule has 7 heteroatoms. The first-order chi connectivity index (χ1) is 9.21. The Morgan fingerprint density at radius 2 is 2.15 bits per heavy atom. The number of nitrogens with one attached hydrogen (secondary N) is 2. The molecule has 0 saturated carbocycles. The van der Waals surface area contributed by atoms with E-state index in [0.717, 1.165) is 25.1 Å². The van der Waals surface area contributed by atoms with Crippen LogP contribution in [0.3, 0.4) is 0 Å². The summed E-state index contributed by atoms with van der Waals surface area (Å²) in [5.41, 5.74) is -1.27. The lowest BCUT2D eigenvalue weighted by molar-refractivity contribution is -0.137. The Labute approximate surface area is 123 Å². The normalized spacial score (nSPS) is 22.9. The summed E-state index contributed by atoms with van der Waals surface area (Å²) in [6.45, 7) is 3.25. The van der Waals surface area contributed by atoms with Gasteiger partial charge in [0, 0.05) is 11.0 Å². The van der Waals surface area contributed by atoms with Crippen LogP contribution in [0, 0.1) is 0 Å². The highest BCUT2D eigenvalue weighted by Crippen LogP contribution is 2.32. The lowest BCUT2D eigenvalue weighted by Crippen LogP contribution is -2.47. The highest BCUT2D eigenvalue weighted by atomic mass is 79.9. The number of rotatable bonds is 2. The number of hydrogen-bond acceptors (Lipinski definition) is 2. The van der Waals surface area contributed by atoms with Gasteiger partial charge in [0.2, 0.25) is 0 Å². The predicted octanol–water partition coefficient (Wildman–Crippen LogP) is 2.95. The zero-order chi connectivity index (χ0) is 15.0. The van der Waals surface area contributed by atoms with Crippen LogP contribution in [-0.4, -0.2) is 24.5 Å². The molecule has 1 aromatic carbocycles. The van der Waals surface area contributed by atoms with Crippen LogP contribution in [0.1, 0.15) is 29.3 Å². The Hall–Kier alpha value is -1.08. The van der Waals surface area contributed by atoms with Crippen LogP contribution in [0.15, 0.2) is 22.7 Å². The minimum absolute atomic E-state index is 0.00653. The second-order valence-corrected chi connectivity index (χ2v) is 5.99. The Morgan fingerprint density at radius 1 is 1.45 bits per heavy atom. The highest BCUT2D eigenvalue weighted by molar-refractivity contribution is 9.10. The first kappa shape index (κ1) is 15.3. The average molecular weight is 351 g/mol. The lowest BCUT2D eigenvalue weighted by Gasteiger charge is -2.25. The summed E-state index contributed by atoms with van der Waals surface area (Å²) in [5, 5.41) is 5.91. The quantitative estimate of drug-likeness (QED) is 0.860. The van der Waals surface area contributed by atoms with Gasteiger partial charge in [0.25, 0.3) is 5.91 Å². The molecule has 1 fully saturated rings. The van der Waals surface area contributed by atoms with Crippen molar-refractivity contribution >= 4 is 21.8 Å². The summed E-state index contributed by atoms with van der Waals surface area (Å²) in [6.07, 6.45) is -3.72. The molecule has 2 N–H and O–H groups in total. The third-order valence-corrected chi connectivity index (χ3v) is 4.01. The Morgan fingerprint density at radius 3 is 2.70 bits per heavy atom. The van der Waals surface area contributed by atoms with Gasteiger partial charge in [-0.05, 0) is 54.0 Å². The van der Waals surface area contributed by atoms with Gasteiger partial charge in [0.15, 0.2) is 0 Å². The van der Waals surface area contributed by atoms with Crippen molar-refractivity contribution in [2.24, 2.45) is 0 Å². The van der Waals surface area contributed by atoms with E-state index in [1.165, 1.54) is 6.07 Å². The first-order valence-electron chi connectivity index (χ1n) is 6.11. The van der Waals surface area contributed by atoms with Gasteiger partial charge in [0.1, 0.15) is 0 Å². The topological polar surface area (TPSA) is 41.1 Å². The van der Waals surface area contributed by atoms with Gasteiger partial charge in [0.05, 0.1) is 16.7 Å². The van der Waals surface area contributed by atoms with Crippen molar-refractivity contribution in [3.63, 3.8) is 0 Å². The molecule has 0 aromatic heterocycles. The second kappa shape index (κ2) is 5.37. The maximum Gasteiger partial charge on any atom is 0.416 e. The van der Waals surface area contributed by atoms with Gasteiger partial charge in [-0.25, -0.2) is 0 Å². The van der Waals surface area contributed by atoms with Crippen molar-refractivity contribution in [2.75, 3.05) is 13.1 Å². The largest absolute Gasteiger partial charge is 0.416 e. The Kier molecular flexibility index (Phi) is 4.11. The molecule has 1 heterocycles. The molecule has 3 nitrogen and oxygen atoms in total. The van der Waals surface area contributed by atoms with Crippen LogP contribution < -0.4 is 10.6 Å². The SMILES string of the molecule is CC1(NC(=O)c2cc(C(F)(F)F)ccc2Br)CCNC1. The van der Waals surface area contributed by atoms with Gasteiger partial charge in [-0.2, -0.15) is 13.2 Å². The smallest absolute Gasteiger partial charge is 0.346 e. The summed E-state index contributed by atoms with van der Waals surface area (Å²) in [7, 11) is 0. The first-order valence-corrected chi connectivity index (χ1v) is 6.91. The zero-order valence-electron chi connectivity index (χ0n) is 10.8. The molecule has 1 aliphatic rings. The summed E-state index contributed by atoms with van der Waals surface area (Å²) in [5.74, 6) is -0.505. The molecule has 20 heavy (non-hydrogen) atoms. The summed E-state index contributed by atoms with van der Waals surface area (Å²) < 4.78 is 38.4. The molecule has 0 bridgehead atoms. The third kappa shape index (κ3) is 3.32. The molecule has 110 valence electrons. The van der Waals surface area contributed by atoms with Crippen LogP contribution in [0.5, 0.6) is 0 Å². The third-order valence-electron chi connectivity index (χ3n) is 3.32. The molecular formula is C13H14BrF3N2O. The molecule has 1 saturated heterocycles. The van der Waals surface area contributed by atoms with Gasteiger partial charge in [-0.1, -0.05) is 0 Å². The lowest BCUT2D eigenvalue weighted by atomic mass is 10.0. The minimum atomic E-state index is -4.46. The van der Waals surface area contributed by atoms with Crippen molar-refractivity contribution in [1.29, 1.82) is 0 Å². The number of amides is 1. The van der Waals surface area contributed by atoms with Crippen LogP contribution in [-0.2, 0) is 6.18 Å². The van der Waals surface area contributed by atoms with E-state index in [0.29, 0.717) is 11.0 Å². The van der Waals surface area contributed by atoms with E-state index in [1.54, 1.807) is 0 Å². The Balaban J connectivity index is 2.25. The van der Waals surface area contributed by atoms with Crippen molar-refractivity contribution in [2.45, 2.75) is 25.1 Å². The van der Waals surface area contributed by atoms with Crippen LogP contribution in [0.25, 0.3) is 0 Å². The molecule has 0 aliphatic carbocycles. The predicted molar refractivity (Wildman–Crippen MR) is 72.5 cm³/mol. The molecule has 1 atom stereocenters. The van der Waals surface area contributed by atoms with E-state index < -0.39 is 23.2 Å². The molecule has 1 unspecified atom stereocenters. The maximum absolute atomic E-state index is 12.7. The highest BCUT2D eigenvalue weighted by Gasteiger charge is 2.34. The molecular weight excluding hydrogens is 337 g/mol. The van der Waals surface area contributed by atoms with Gasteiger partial charge in [-0.15, -0.1) is 0 Å². The molecule has 0 radical (unpaired) electrons. The van der Waals surface area contributed by atoms with Gasteiger partial charge >= 0.3 is 6.18 Å². The molecule has 1 aromatic rings. The van der Waals surface area contributed by atoms with Crippen molar-refractivity contribution in [1.82, 2.24) is 10.6 Å². The minimum Gasteiger partial charge on any atom is -0.346 e. The van der Waals surface area contributed by atoms with Crippen molar-refractivity contribution < 1.29 is 18.0 Å². The van der Waals surface area contributed by atoms with Crippen LogP contribution in [0.2, 0.25) is 0 Å². The number of carbonyl (C=O) groups excluding carboxylic acids is 1. The fraction of sp³-hybridized carbons (Fsp3) is 0.462. The monoisotopic (exact) mass is 350 g/mol. The summed E-state index contributed by atoms with van der Waals surface area (Å²) >= 11 is 3.12. The summed E-state index contributed by atoms with van der Waals surface area (Å²) in [6, 6.07) is 3.05. The zero-order valence-corrected chi connectivity index (χ0v) is 12.4. The van der Waals surface area contributed by atoms with Crippen LogP contribution >= 0.6 is 15.9 Å². The van der Waals surface area contributed by atoms with E-state index >= 15 is 0 Å². The molecule has 0 spiro atoms.